The molecule has 2 heterocycles. The number of likely N-dealkylation sites (N-methyl/N-ethyl adjacent to an activating group) is 1. The molecule has 26 heavy (non-hydrogen) atoms. The molecule has 1 aliphatic heterocycles. The zero-order valence-corrected chi connectivity index (χ0v) is 15.2. The monoisotopic (exact) mass is 351 g/mol. The number of rotatable bonds is 3. The molecule has 1 aromatic heterocycles. The number of anilines is 1. The summed E-state index contributed by atoms with van der Waals surface area (Å²) in [5.74, 6) is 0.761. The average Bonchev–Trinajstić information content (AvgIpc) is 2.61. The van der Waals surface area contributed by atoms with Crippen molar-refractivity contribution in [3.8, 4) is 23.1 Å². The van der Waals surface area contributed by atoms with Crippen LogP contribution in [-0.2, 0) is 11.2 Å². The molecule has 0 saturated carbocycles. The molecular weight excluding hydrogens is 330 g/mol. The molecule has 3 rings (SSSR count). The van der Waals surface area contributed by atoms with Gasteiger partial charge in [-0.1, -0.05) is 0 Å². The van der Waals surface area contributed by atoms with Crippen LogP contribution < -0.4 is 4.90 Å². The van der Waals surface area contributed by atoms with E-state index in [2.05, 4.69) is 10.2 Å². The van der Waals surface area contributed by atoms with Crippen LogP contribution in [0.5, 0.6) is 5.75 Å². The molecule has 0 bridgehead atoms. The van der Waals surface area contributed by atoms with E-state index in [-0.39, 0.29) is 18.2 Å². The van der Waals surface area contributed by atoms with Gasteiger partial charge in [0.05, 0.1) is 23.9 Å². The lowest BCUT2D eigenvalue weighted by Crippen LogP contribution is -2.40. The second kappa shape index (κ2) is 7.00. The third kappa shape index (κ3) is 3.31. The highest BCUT2D eigenvalue weighted by atomic mass is 16.3. The lowest BCUT2D eigenvalue weighted by Gasteiger charge is -2.30. The molecule has 7 nitrogen and oxygen atoms in total. The normalized spacial score (nSPS) is 13.1. The maximum atomic E-state index is 12.0. The van der Waals surface area contributed by atoms with Gasteiger partial charge < -0.3 is 14.9 Å². The van der Waals surface area contributed by atoms with Crippen LogP contribution >= 0.6 is 0 Å². The first kappa shape index (κ1) is 17.7. The van der Waals surface area contributed by atoms with E-state index in [4.69, 9.17) is 5.26 Å². The van der Waals surface area contributed by atoms with Gasteiger partial charge in [-0.2, -0.15) is 5.26 Å². The fraction of sp³-hybridized carbons (Fsp3) is 0.368. The fourth-order valence-electron chi connectivity index (χ4n) is 3.19. The van der Waals surface area contributed by atoms with Crippen molar-refractivity contribution in [3.63, 3.8) is 0 Å². The van der Waals surface area contributed by atoms with Crippen molar-refractivity contribution in [1.29, 1.82) is 5.26 Å². The largest absolute Gasteiger partial charge is 0.507 e. The predicted molar refractivity (Wildman–Crippen MR) is 97.8 cm³/mol. The molecule has 1 N–H and O–H groups in total. The second-order valence-electron chi connectivity index (χ2n) is 6.69. The van der Waals surface area contributed by atoms with Crippen LogP contribution in [-0.4, -0.2) is 53.3 Å². The maximum Gasteiger partial charge on any atom is 0.241 e. The molecule has 7 heteroatoms. The molecule has 2 aromatic rings. The molecule has 0 saturated heterocycles. The number of phenolic OH excluding ortho intramolecular Hbond substituents is 1. The Bertz CT molecular complexity index is 878. The summed E-state index contributed by atoms with van der Waals surface area (Å²) in [6, 6.07) is 7.11. The Labute approximate surface area is 152 Å². The van der Waals surface area contributed by atoms with Gasteiger partial charge in [-0.15, -0.1) is 10.2 Å². The Kier molecular flexibility index (Phi) is 4.76. The third-order valence-corrected chi connectivity index (χ3v) is 4.55. The minimum absolute atomic E-state index is 0.0179. The van der Waals surface area contributed by atoms with Gasteiger partial charge in [-0.05, 0) is 49.1 Å². The predicted octanol–water partition coefficient (Wildman–Crippen LogP) is 1.87. The minimum Gasteiger partial charge on any atom is -0.507 e. The van der Waals surface area contributed by atoms with Gasteiger partial charge >= 0.3 is 0 Å². The number of carbonyl (C=O) groups excluding carboxylic acids is 1. The maximum absolute atomic E-state index is 12.0. The van der Waals surface area contributed by atoms with Crippen LogP contribution in [0.1, 0.15) is 23.1 Å². The van der Waals surface area contributed by atoms with Crippen molar-refractivity contribution < 1.29 is 9.90 Å². The van der Waals surface area contributed by atoms with Gasteiger partial charge in [0.2, 0.25) is 5.91 Å². The van der Waals surface area contributed by atoms with Crippen LogP contribution in [0.15, 0.2) is 18.2 Å². The number of fused-ring (bicyclic) bond motifs is 1. The fourth-order valence-corrected chi connectivity index (χ4v) is 3.19. The molecule has 1 aliphatic rings. The molecule has 0 atom stereocenters. The summed E-state index contributed by atoms with van der Waals surface area (Å²) in [6.07, 6.45) is 1.78. The summed E-state index contributed by atoms with van der Waals surface area (Å²) in [4.78, 5) is 15.5. The standard InChI is InChI=1S/C19H21N5O2/c1-12-7-13(10-20)8-16(25)18(12)15-9-14-5-4-6-24(19(14)22-21-15)11-17(26)23(2)3/h7-9,25H,4-6,11H2,1-3H3. The number of aromatic hydroxyl groups is 1. The lowest BCUT2D eigenvalue weighted by atomic mass is 9.98. The highest BCUT2D eigenvalue weighted by Crippen LogP contribution is 2.34. The number of benzene rings is 1. The van der Waals surface area contributed by atoms with Crippen molar-refractivity contribution in [2.24, 2.45) is 0 Å². The Morgan fingerprint density at radius 1 is 1.35 bits per heavy atom. The van der Waals surface area contributed by atoms with Crippen molar-refractivity contribution in [2.75, 3.05) is 32.1 Å². The first-order valence-corrected chi connectivity index (χ1v) is 8.46. The Balaban J connectivity index is 1.97. The van der Waals surface area contributed by atoms with Crippen molar-refractivity contribution in [1.82, 2.24) is 15.1 Å². The van der Waals surface area contributed by atoms with Crippen LogP contribution in [0, 0.1) is 18.3 Å². The zero-order valence-electron chi connectivity index (χ0n) is 15.2. The second-order valence-corrected chi connectivity index (χ2v) is 6.69. The van der Waals surface area contributed by atoms with Gasteiger partial charge in [0, 0.05) is 26.2 Å². The summed E-state index contributed by atoms with van der Waals surface area (Å²) in [7, 11) is 3.47. The molecule has 0 spiro atoms. The summed E-state index contributed by atoms with van der Waals surface area (Å²) in [5, 5.41) is 28.0. The van der Waals surface area contributed by atoms with Gasteiger partial charge in [-0.3, -0.25) is 4.79 Å². The highest BCUT2D eigenvalue weighted by Gasteiger charge is 2.23. The summed E-state index contributed by atoms with van der Waals surface area (Å²) >= 11 is 0. The SMILES string of the molecule is Cc1cc(C#N)cc(O)c1-c1cc2c(nn1)N(CC(=O)N(C)C)CCC2. The van der Waals surface area contributed by atoms with E-state index in [1.54, 1.807) is 25.1 Å². The molecule has 1 amide bonds. The number of aromatic nitrogens is 2. The first-order chi connectivity index (χ1) is 12.4. The molecule has 0 aliphatic carbocycles. The van der Waals surface area contributed by atoms with E-state index >= 15 is 0 Å². The topological polar surface area (TPSA) is 93.3 Å². The molecule has 0 fully saturated rings. The number of carbonyl (C=O) groups is 1. The summed E-state index contributed by atoms with van der Waals surface area (Å²) < 4.78 is 0. The molecular formula is C19H21N5O2. The summed E-state index contributed by atoms with van der Waals surface area (Å²) in [5.41, 5.74) is 3.34. The van der Waals surface area contributed by atoms with E-state index in [0.29, 0.717) is 16.8 Å². The number of nitriles is 1. The van der Waals surface area contributed by atoms with E-state index in [1.807, 2.05) is 24.0 Å². The Morgan fingerprint density at radius 2 is 2.12 bits per heavy atom. The van der Waals surface area contributed by atoms with Gasteiger partial charge in [0.15, 0.2) is 5.82 Å². The van der Waals surface area contributed by atoms with E-state index < -0.39 is 0 Å². The molecule has 134 valence electrons. The molecule has 0 unspecified atom stereocenters. The van der Waals surface area contributed by atoms with Crippen molar-refractivity contribution in [3.05, 3.63) is 34.9 Å². The minimum atomic E-state index is 0.0179. The van der Waals surface area contributed by atoms with Gasteiger partial charge in [-0.25, -0.2) is 0 Å². The van der Waals surface area contributed by atoms with Crippen LogP contribution in [0.25, 0.3) is 11.3 Å². The smallest absolute Gasteiger partial charge is 0.241 e. The van der Waals surface area contributed by atoms with Crippen LogP contribution in [0.3, 0.4) is 0 Å². The number of aryl methyl sites for hydroxylation is 2. The van der Waals surface area contributed by atoms with E-state index in [9.17, 15) is 9.90 Å². The van der Waals surface area contributed by atoms with E-state index in [1.165, 1.54) is 6.07 Å². The van der Waals surface area contributed by atoms with E-state index in [0.717, 1.165) is 36.3 Å². The zero-order chi connectivity index (χ0) is 18.8. The number of hydrogen-bond donors (Lipinski definition) is 1. The van der Waals surface area contributed by atoms with Crippen molar-refractivity contribution in [2.45, 2.75) is 19.8 Å². The van der Waals surface area contributed by atoms with Crippen LogP contribution in [0.4, 0.5) is 5.82 Å². The Hall–Kier alpha value is -3.14. The quantitative estimate of drug-likeness (QED) is 0.907. The number of hydrogen-bond acceptors (Lipinski definition) is 6. The first-order valence-electron chi connectivity index (χ1n) is 8.46. The third-order valence-electron chi connectivity index (χ3n) is 4.55. The number of phenols is 1. The molecule has 1 aromatic carbocycles. The average molecular weight is 351 g/mol. The van der Waals surface area contributed by atoms with Crippen molar-refractivity contribution >= 4 is 11.7 Å². The lowest BCUT2D eigenvalue weighted by molar-refractivity contribution is -0.127. The van der Waals surface area contributed by atoms with Crippen LogP contribution in [0.2, 0.25) is 0 Å². The summed E-state index contributed by atoms with van der Waals surface area (Å²) in [6.45, 7) is 2.87. The molecule has 0 radical (unpaired) electrons. The Morgan fingerprint density at radius 3 is 2.77 bits per heavy atom. The number of nitrogens with zero attached hydrogens (tertiary/aromatic N) is 5. The number of amides is 1. The van der Waals surface area contributed by atoms with Gasteiger partial charge in [0.1, 0.15) is 5.75 Å². The van der Waals surface area contributed by atoms with Gasteiger partial charge in [0.25, 0.3) is 0 Å². The highest BCUT2D eigenvalue weighted by molar-refractivity contribution is 5.81.